The van der Waals surface area contributed by atoms with Gasteiger partial charge in [0.05, 0.1) is 6.61 Å². The van der Waals surface area contributed by atoms with Crippen molar-refractivity contribution in [1.29, 1.82) is 0 Å². The monoisotopic (exact) mass is 265 g/mol. The van der Waals surface area contributed by atoms with Gasteiger partial charge >= 0.3 is 0 Å². The van der Waals surface area contributed by atoms with Gasteiger partial charge in [-0.15, -0.1) is 0 Å². The third kappa shape index (κ3) is 5.30. The van der Waals surface area contributed by atoms with Crippen LogP contribution >= 0.6 is 0 Å². The van der Waals surface area contributed by atoms with Gasteiger partial charge in [-0.1, -0.05) is 26.8 Å². The summed E-state index contributed by atoms with van der Waals surface area (Å²) in [6, 6.07) is 7.12. The van der Waals surface area contributed by atoms with Crippen LogP contribution in [0.25, 0.3) is 0 Å². The fourth-order valence-corrected chi connectivity index (χ4v) is 1.42. The van der Waals surface area contributed by atoms with Crippen LogP contribution < -0.4 is 10.1 Å². The van der Waals surface area contributed by atoms with E-state index in [1.165, 1.54) is 0 Å². The van der Waals surface area contributed by atoms with Crippen LogP contribution in [0, 0.1) is 5.41 Å². The summed E-state index contributed by atoms with van der Waals surface area (Å²) < 4.78 is 5.49. The molecule has 4 heteroatoms. The highest BCUT2D eigenvalue weighted by atomic mass is 16.5. The summed E-state index contributed by atoms with van der Waals surface area (Å²) in [6.45, 7) is 6.94. The number of rotatable bonds is 7. The van der Waals surface area contributed by atoms with Gasteiger partial charge in [0.1, 0.15) is 5.75 Å². The molecule has 0 aliphatic carbocycles. The molecule has 0 bridgehead atoms. The van der Waals surface area contributed by atoms with E-state index >= 15 is 0 Å². The molecule has 1 amide bonds. The van der Waals surface area contributed by atoms with Gasteiger partial charge in [0.25, 0.3) is 5.91 Å². The summed E-state index contributed by atoms with van der Waals surface area (Å²) in [6.07, 6.45) is 0.932. The van der Waals surface area contributed by atoms with E-state index in [-0.39, 0.29) is 17.9 Å². The molecule has 0 aliphatic heterocycles. The maximum atomic E-state index is 12.0. The molecule has 4 nitrogen and oxygen atoms in total. The lowest BCUT2D eigenvalue weighted by atomic mass is 9.95. The first kappa shape index (κ1) is 15.5. The van der Waals surface area contributed by atoms with Crippen LogP contribution in [0.2, 0.25) is 0 Å². The summed E-state index contributed by atoms with van der Waals surface area (Å²) in [5.41, 5.74) is 0.258. The highest BCUT2D eigenvalue weighted by Gasteiger charge is 2.18. The molecule has 0 unspecified atom stereocenters. The Kier molecular flexibility index (Phi) is 5.83. The molecule has 0 radical (unpaired) electrons. The molecule has 106 valence electrons. The standard InChI is InChI=1S/C15H23NO3/c1-4-8-19-13-7-5-6-12(9-13)14(18)16-10-15(2,3)11-17/h5-7,9,17H,4,8,10-11H2,1-3H3,(H,16,18). The number of hydrogen-bond acceptors (Lipinski definition) is 3. The number of aliphatic hydroxyl groups is 1. The molecule has 19 heavy (non-hydrogen) atoms. The molecule has 0 spiro atoms. The van der Waals surface area contributed by atoms with Crippen LogP contribution in [0.3, 0.4) is 0 Å². The molecule has 0 saturated carbocycles. The Morgan fingerprint density at radius 3 is 2.79 bits per heavy atom. The summed E-state index contributed by atoms with van der Waals surface area (Å²) in [7, 11) is 0. The molecule has 1 aromatic carbocycles. The summed E-state index contributed by atoms with van der Waals surface area (Å²) in [4.78, 5) is 12.0. The van der Waals surface area contributed by atoms with Crippen molar-refractivity contribution >= 4 is 5.91 Å². The predicted octanol–water partition coefficient (Wildman–Crippen LogP) is 2.22. The van der Waals surface area contributed by atoms with Gasteiger partial charge < -0.3 is 15.2 Å². The number of benzene rings is 1. The van der Waals surface area contributed by atoms with E-state index in [1.54, 1.807) is 18.2 Å². The van der Waals surface area contributed by atoms with Crippen molar-refractivity contribution in [3.8, 4) is 5.75 Å². The molecular formula is C15H23NO3. The van der Waals surface area contributed by atoms with Gasteiger partial charge in [0.2, 0.25) is 0 Å². The lowest BCUT2D eigenvalue weighted by Crippen LogP contribution is -2.36. The zero-order valence-electron chi connectivity index (χ0n) is 11.9. The van der Waals surface area contributed by atoms with Gasteiger partial charge in [-0.3, -0.25) is 4.79 Å². The van der Waals surface area contributed by atoms with E-state index in [2.05, 4.69) is 5.32 Å². The second kappa shape index (κ2) is 7.14. The second-order valence-corrected chi connectivity index (χ2v) is 5.38. The smallest absolute Gasteiger partial charge is 0.251 e. The van der Waals surface area contributed by atoms with Crippen LogP contribution in [-0.2, 0) is 0 Å². The topological polar surface area (TPSA) is 58.6 Å². The van der Waals surface area contributed by atoms with Crippen LogP contribution in [0.4, 0.5) is 0 Å². The zero-order valence-corrected chi connectivity index (χ0v) is 11.9. The van der Waals surface area contributed by atoms with Crippen molar-refractivity contribution in [3.05, 3.63) is 29.8 Å². The fraction of sp³-hybridized carbons (Fsp3) is 0.533. The summed E-state index contributed by atoms with van der Waals surface area (Å²) in [5.74, 6) is 0.555. The molecular weight excluding hydrogens is 242 g/mol. The molecule has 2 N–H and O–H groups in total. The van der Waals surface area contributed by atoms with E-state index in [0.717, 1.165) is 6.42 Å². The Balaban J connectivity index is 2.61. The van der Waals surface area contributed by atoms with E-state index in [1.807, 2.05) is 26.8 Å². The van der Waals surface area contributed by atoms with Crippen molar-refractivity contribution in [2.75, 3.05) is 19.8 Å². The number of aliphatic hydroxyl groups excluding tert-OH is 1. The first-order valence-electron chi connectivity index (χ1n) is 6.60. The molecule has 0 atom stereocenters. The molecule has 0 aliphatic rings. The van der Waals surface area contributed by atoms with Crippen LogP contribution in [0.15, 0.2) is 24.3 Å². The Morgan fingerprint density at radius 1 is 1.42 bits per heavy atom. The van der Waals surface area contributed by atoms with Gasteiger partial charge in [0, 0.05) is 24.1 Å². The lowest BCUT2D eigenvalue weighted by Gasteiger charge is -2.21. The molecule has 0 heterocycles. The largest absolute Gasteiger partial charge is 0.494 e. The van der Waals surface area contributed by atoms with E-state index < -0.39 is 0 Å². The minimum atomic E-state index is -0.314. The number of carbonyl (C=O) groups excluding carboxylic acids is 1. The highest BCUT2D eigenvalue weighted by molar-refractivity contribution is 5.94. The number of amides is 1. The predicted molar refractivity (Wildman–Crippen MR) is 75.4 cm³/mol. The zero-order chi connectivity index (χ0) is 14.3. The van der Waals surface area contributed by atoms with Crippen LogP contribution in [0.5, 0.6) is 5.75 Å². The Hall–Kier alpha value is -1.55. The molecule has 0 fully saturated rings. The number of ether oxygens (including phenoxy) is 1. The average Bonchev–Trinajstić information content (AvgIpc) is 2.43. The van der Waals surface area contributed by atoms with Gasteiger partial charge in [0.15, 0.2) is 0 Å². The molecule has 1 aromatic rings. The lowest BCUT2D eigenvalue weighted by molar-refractivity contribution is 0.0910. The van der Waals surface area contributed by atoms with Gasteiger partial charge in [-0.25, -0.2) is 0 Å². The van der Waals surface area contributed by atoms with Gasteiger partial charge in [-0.2, -0.15) is 0 Å². The third-order valence-electron chi connectivity index (χ3n) is 2.72. The molecule has 0 saturated heterocycles. The average molecular weight is 265 g/mol. The fourth-order valence-electron chi connectivity index (χ4n) is 1.42. The molecule has 0 aromatic heterocycles. The van der Waals surface area contributed by atoms with Crippen molar-refractivity contribution in [1.82, 2.24) is 5.32 Å². The summed E-state index contributed by atoms with van der Waals surface area (Å²) >= 11 is 0. The van der Waals surface area contributed by atoms with E-state index in [4.69, 9.17) is 9.84 Å². The first-order chi connectivity index (χ1) is 8.98. The van der Waals surface area contributed by atoms with Gasteiger partial charge in [-0.05, 0) is 24.6 Å². The third-order valence-corrected chi connectivity index (χ3v) is 2.72. The number of nitrogens with one attached hydrogen (secondary N) is 1. The summed E-state index contributed by atoms with van der Waals surface area (Å²) in [5, 5.41) is 12.0. The minimum Gasteiger partial charge on any atom is -0.494 e. The normalized spacial score (nSPS) is 11.2. The van der Waals surface area contributed by atoms with Crippen molar-refractivity contribution in [2.45, 2.75) is 27.2 Å². The highest BCUT2D eigenvalue weighted by Crippen LogP contribution is 2.15. The Bertz CT molecular complexity index is 416. The maximum absolute atomic E-state index is 12.0. The quantitative estimate of drug-likeness (QED) is 0.794. The van der Waals surface area contributed by atoms with E-state index in [9.17, 15) is 4.79 Å². The van der Waals surface area contributed by atoms with Crippen LogP contribution in [-0.4, -0.2) is 30.8 Å². The number of carbonyl (C=O) groups is 1. The van der Waals surface area contributed by atoms with Crippen molar-refractivity contribution < 1.29 is 14.6 Å². The van der Waals surface area contributed by atoms with Crippen LogP contribution in [0.1, 0.15) is 37.6 Å². The second-order valence-electron chi connectivity index (χ2n) is 5.38. The Labute approximate surface area is 114 Å². The SMILES string of the molecule is CCCOc1cccc(C(=O)NCC(C)(C)CO)c1. The minimum absolute atomic E-state index is 0.0347. The van der Waals surface area contributed by atoms with Crippen molar-refractivity contribution in [2.24, 2.45) is 5.41 Å². The number of hydrogen-bond donors (Lipinski definition) is 2. The maximum Gasteiger partial charge on any atom is 0.251 e. The first-order valence-corrected chi connectivity index (χ1v) is 6.60. The van der Waals surface area contributed by atoms with E-state index in [0.29, 0.717) is 24.5 Å². The Morgan fingerprint density at radius 2 is 2.16 bits per heavy atom. The molecule has 1 rings (SSSR count). The van der Waals surface area contributed by atoms with Crippen molar-refractivity contribution in [3.63, 3.8) is 0 Å².